The molecular formula is C26H27F2N3O4. The molecule has 184 valence electrons. The summed E-state index contributed by atoms with van der Waals surface area (Å²) in [4.78, 5) is 29.4. The van der Waals surface area contributed by atoms with Gasteiger partial charge >= 0.3 is 5.97 Å². The molecule has 0 radical (unpaired) electrons. The summed E-state index contributed by atoms with van der Waals surface area (Å²) in [5.41, 5.74) is 2.31. The highest BCUT2D eigenvalue weighted by atomic mass is 19.1. The number of carbonyl (C=O) groups excluding carboxylic acids is 2. The lowest BCUT2D eigenvalue weighted by Gasteiger charge is -2.26. The van der Waals surface area contributed by atoms with Gasteiger partial charge in [0.05, 0.1) is 18.2 Å². The minimum atomic E-state index is -0.737. The van der Waals surface area contributed by atoms with Crippen LogP contribution in [0.4, 0.5) is 8.78 Å². The van der Waals surface area contributed by atoms with Crippen molar-refractivity contribution in [3.05, 3.63) is 77.1 Å². The largest absolute Gasteiger partial charge is 0.462 e. The van der Waals surface area contributed by atoms with Crippen LogP contribution in [0.15, 0.2) is 48.5 Å². The number of amides is 1. The quantitative estimate of drug-likeness (QED) is 0.476. The van der Waals surface area contributed by atoms with E-state index in [9.17, 15) is 23.5 Å². The van der Waals surface area contributed by atoms with Gasteiger partial charge in [-0.2, -0.15) is 0 Å². The van der Waals surface area contributed by atoms with Crippen LogP contribution in [-0.2, 0) is 29.0 Å². The molecule has 2 atom stereocenters. The van der Waals surface area contributed by atoms with Crippen LogP contribution >= 0.6 is 0 Å². The Morgan fingerprint density at radius 2 is 1.80 bits per heavy atom. The second kappa shape index (κ2) is 10.8. The number of aromatic nitrogens is 2. The Bertz CT molecular complexity index is 1190. The first-order valence-electron chi connectivity index (χ1n) is 11.6. The van der Waals surface area contributed by atoms with Gasteiger partial charge in [-0.1, -0.05) is 19.1 Å². The Labute approximate surface area is 201 Å². The Balaban J connectivity index is 1.61. The lowest BCUT2D eigenvalue weighted by atomic mass is 10.0. The summed E-state index contributed by atoms with van der Waals surface area (Å²) in [6, 6.07) is 11.7. The summed E-state index contributed by atoms with van der Waals surface area (Å²) in [5.74, 6) is -1.06. The number of aliphatic hydroxyl groups is 1. The first kappa shape index (κ1) is 24.5. The number of esters is 1. The van der Waals surface area contributed by atoms with E-state index in [-0.39, 0.29) is 36.2 Å². The van der Waals surface area contributed by atoms with Crippen LogP contribution < -0.4 is 5.32 Å². The number of ether oxygens (including phenoxy) is 1. The molecule has 0 spiro atoms. The van der Waals surface area contributed by atoms with Crippen molar-refractivity contribution in [1.29, 1.82) is 0 Å². The zero-order valence-corrected chi connectivity index (χ0v) is 19.3. The number of carbonyl (C=O) groups is 2. The van der Waals surface area contributed by atoms with Crippen molar-refractivity contribution in [3.8, 4) is 11.4 Å². The van der Waals surface area contributed by atoms with Gasteiger partial charge in [0.1, 0.15) is 29.3 Å². The molecule has 1 amide bonds. The number of rotatable bonds is 8. The van der Waals surface area contributed by atoms with Crippen LogP contribution in [-0.4, -0.2) is 38.7 Å². The van der Waals surface area contributed by atoms with Crippen molar-refractivity contribution in [2.24, 2.45) is 0 Å². The maximum Gasteiger partial charge on any atom is 0.308 e. The zero-order valence-electron chi connectivity index (χ0n) is 19.3. The van der Waals surface area contributed by atoms with Crippen LogP contribution in [0.25, 0.3) is 11.4 Å². The topological polar surface area (TPSA) is 93.5 Å². The SMILES string of the molecule is CCc1c(C(=O)NCc2ccc(F)cc2)nc(-c2ccc(F)cc2)n1CC[C@@H]1C[C@@H](O)CC(=O)O1. The summed E-state index contributed by atoms with van der Waals surface area (Å²) in [7, 11) is 0. The van der Waals surface area contributed by atoms with Gasteiger partial charge in [-0.15, -0.1) is 0 Å². The molecule has 1 aliphatic rings. The number of halogens is 2. The third-order valence-electron chi connectivity index (χ3n) is 6.00. The highest BCUT2D eigenvalue weighted by Crippen LogP contribution is 2.26. The highest BCUT2D eigenvalue weighted by Gasteiger charge is 2.28. The van der Waals surface area contributed by atoms with Crippen molar-refractivity contribution in [1.82, 2.24) is 14.9 Å². The lowest BCUT2D eigenvalue weighted by molar-refractivity contribution is -0.160. The van der Waals surface area contributed by atoms with Crippen molar-refractivity contribution in [3.63, 3.8) is 0 Å². The molecular weight excluding hydrogens is 456 g/mol. The molecule has 0 saturated carbocycles. The molecule has 0 bridgehead atoms. The molecule has 4 rings (SSSR count). The van der Waals surface area contributed by atoms with E-state index in [4.69, 9.17) is 4.74 Å². The fourth-order valence-electron chi connectivity index (χ4n) is 4.27. The van der Waals surface area contributed by atoms with Gasteiger partial charge in [-0.3, -0.25) is 9.59 Å². The van der Waals surface area contributed by atoms with Gasteiger partial charge in [-0.25, -0.2) is 13.8 Å². The van der Waals surface area contributed by atoms with E-state index in [1.165, 1.54) is 24.3 Å². The number of nitrogens with zero attached hydrogens (tertiary/aromatic N) is 2. The van der Waals surface area contributed by atoms with Crippen molar-refractivity contribution < 1.29 is 28.2 Å². The lowest BCUT2D eigenvalue weighted by Crippen LogP contribution is -2.33. The summed E-state index contributed by atoms with van der Waals surface area (Å²) in [6.07, 6.45) is 0.0754. The molecule has 7 nitrogen and oxygen atoms in total. The normalized spacial score (nSPS) is 17.8. The number of nitrogens with one attached hydrogen (secondary N) is 1. The van der Waals surface area contributed by atoms with Crippen LogP contribution in [0.2, 0.25) is 0 Å². The molecule has 35 heavy (non-hydrogen) atoms. The van der Waals surface area contributed by atoms with Crippen LogP contribution in [0.1, 0.15) is 47.9 Å². The van der Waals surface area contributed by atoms with Crippen molar-refractivity contribution >= 4 is 11.9 Å². The molecule has 0 aliphatic carbocycles. The van der Waals surface area contributed by atoms with Crippen LogP contribution in [0.3, 0.4) is 0 Å². The number of hydrogen-bond donors (Lipinski definition) is 2. The number of imidazole rings is 1. The number of aliphatic hydroxyl groups excluding tert-OH is 1. The Hall–Kier alpha value is -3.59. The zero-order chi connectivity index (χ0) is 24.9. The van der Waals surface area contributed by atoms with Gasteiger partial charge in [0.2, 0.25) is 0 Å². The predicted molar refractivity (Wildman–Crippen MR) is 124 cm³/mol. The van der Waals surface area contributed by atoms with Crippen LogP contribution in [0.5, 0.6) is 0 Å². The van der Waals surface area contributed by atoms with Crippen molar-refractivity contribution in [2.75, 3.05) is 0 Å². The second-order valence-corrected chi connectivity index (χ2v) is 8.55. The third-order valence-corrected chi connectivity index (χ3v) is 6.00. The van der Waals surface area contributed by atoms with E-state index in [0.717, 1.165) is 5.56 Å². The first-order chi connectivity index (χ1) is 16.8. The fourth-order valence-corrected chi connectivity index (χ4v) is 4.27. The summed E-state index contributed by atoms with van der Waals surface area (Å²) < 4.78 is 34.0. The first-order valence-corrected chi connectivity index (χ1v) is 11.6. The van der Waals surface area contributed by atoms with E-state index >= 15 is 0 Å². The standard InChI is InChI=1S/C26H27F2N3O4/c1-2-22-24(26(34)29-15-16-3-7-18(27)8-4-16)30-25(17-5-9-19(28)10-6-17)31(22)12-11-21-13-20(32)14-23(33)35-21/h3-10,20-21,32H,2,11-15H2,1H3,(H,29,34)/t20-,21-/m1/s1. The van der Waals surface area contributed by atoms with Gasteiger partial charge in [0, 0.05) is 31.5 Å². The van der Waals surface area contributed by atoms with E-state index in [2.05, 4.69) is 10.3 Å². The second-order valence-electron chi connectivity index (χ2n) is 8.55. The summed E-state index contributed by atoms with van der Waals surface area (Å²) in [5, 5.41) is 12.8. The Morgan fingerprint density at radius 1 is 1.14 bits per heavy atom. The average Bonchev–Trinajstić information content (AvgIpc) is 3.20. The van der Waals surface area contributed by atoms with Crippen molar-refractivity contribution in [2.45, 2.75) is 57.9 Å². The molecule has 9 heteroatoms. The molecule has 1 fully saturated rings. The van der Waals surface area contributed by atoms with E-state index in [0.29, 0.717) is 42.9 Å². The molecule has 3 aromatic rings. The molecule has 2 heterocycles. The van der Waals surface area contributed by atoms with Gasteiger partial charge < -0.3 is 19.7 Å². The Kier molecular flexibility index (Phi) is 7.55. The minimum Gasteiger partial charge on any atom is -0.462 e. The number of benzene rings is 2. The number of cyclic esters (lactones) is 1. The van der Waals surface area contributed by atoms with E-state index in [1.54, 1.807) is 24.3 Å². The van der Waals surface area contributed by atoms with Gasteiger partial charge in [0.25, 0.3) is 5.91 Å². The molecule has 1 aromatic heterocycles. The molecule has 2 N–H and O–H groups in total. The number of hydrogen-bond acceptors (Lipinski definition) is 5. The monoisotopic (exact) mass is 483 g/mol. The predicted octanol–water partition coefficient (Wildman–Crippen LogP) is 3.78. The summed E-state index contributed by atoms with van der Waals surface area (Å²) >= 11 is 0. The molecule has 0 unspecified atom stereocenters. The van der Waals surface area contributed by atoms with Gasteiger partial charge in [0.15, 0.2) is 0 Å². The molecule has 1 saturated heterocycles. The minimum absolute atomic E-state index is 0.0129. The van der Waals surface area contributed by atoms with Gasteiger partial charge in [-0.05, 0) is 48.4 Å². The molecule has 1 aliphatic heterocycles. The maximum atomic E-state index is 13.5. The maximum absolute atomic E-state index is 13.5. The Morgan fingerprint density at radius 3 is 2.43 bits per heavy atom. The van der Waals surface area contributed by atoms with Crippen LogP contribution in [0, 0.1) is 11.6 Å². The smallest absolute Gasteiger partial charge is 0.308 e. The molecule has 2 aromatic carbocycles. The average molecular weight is 484 g/mol. The van der Waals surface area contributed by atoms with E-state index < -0.39 is 18.2 Å². The van der Waals surface area contributed by atoms with E-state index in [1.807, 2.05) is 11.5 Å². The summed E-state index contributed by atoms with van der Waals surface area (Å²) in [6.45, 7) is 2.50. The fraction of sp³-hybridized carbons (Fsp3) is 0.346. The highest BCUT2D eigenvalue weighted by molar-refractivity contribution is 5.94. The third kappa shape index (κ3) is 5.92.